The zero-order chi connectivity index (χ0) is 32.1. The fourth-order valence-electron chi connectivity index (χ4n) is 6.75. The molecule has 0 bridgehead atoms. The minimum absolute atomic E-state index is 0.0195. The number of benzene rings is 1. The number of hydrogen-bond acceptors (Lipinski definition) is 7. The molecule has 3 atom stereocenters. The summed E-state index contributed by atoms with van der Waals surface area (Å²) >= 11 is 0. The van der Waals surface area contributed by atoms with E-state index in [2.05, 4.69) is 55.2 Å². The molecular formula is C37H51NO6. The van der Waals surface area contributed by atoms with Gasteiger partial charge < -0.3 is 15.3 Å². The topological polar surface area (TPSA) is 115 Å². The van der Waals surface area contributed by atoms with Crippen molar-refractivity contribution in [2.45, 2.75) is 78.6 Å². The molecule has 3 N–H and O–H groups in total. The van der Waals surface area contributed by atoms with Gasteiger partial charge in [0.25, 0.3) is 0 Å². The van der Waals surface area contributed by atoms with Crippen LogP contribution in [0, 0.1) is 17.8 Å². The molecule has 0 aliphatic heterocycles. The largest absolute Gasteiger partial charge is 0.507 e. The number of aliphatic hydroxyl groups is 2. The molecule has 0 saturated heterocycles. The molecule has 2 aliphatic rings. The Hall–Kier alpha value is -3.13. The van der Waals surface area contributed by atoms with Gasteiger partial charge in [0, 0.05) is 25.5 Å². The van der Waals surface area contributed by atoms with E-state index < -0.39 is 12.5 Å². The first-order valence-electron chi connectivity index (χ1n) is 16.3. The molecule has 0 amide bonds. The molecule has 0 spiro atoms. The molecule has 240 valence electrons. The van der Waals surface area contributed by atoms with Crippen LogP contribution in [-0.2, 0) is 16.0 Å². The standard InChI is InChI=1S/C37H51NO6/c1-4-17-38(18-5-2)24-27-10-8-6-7-9-11-29(13-12-27)31-14-15-34(42)37-32(31)22-28(23-36(37)44)21-30(16-19-39)33(25-40)35(43)20-26(3)41/h6-9,12-15,28,30,33,39-40,42H,4-5,10-11,16-25H2,1-3H3. The summed E-state index contributed by atoms with van der Waals surface area (Å²) in [6.45, 7) is 8.19. The van der Waals surface area contributed by atoms with E-state index in [0.29, 0.717) is 31.2 Å². The van der Waals surface area contributed by atoms with Gasteiger partial charge >= 0.3 is 0 Å². The van der Waals surface area contributed by atoms with E-state index in [9.17, 15) is 29.7 Å². The zero-order valence-corrected chi connectivity index (χ0v) is 26.8. The van der Waals surface area contributed by atoms with Gasteiger partial charge in [0.05, 0.1) is 18.6 Å². The SMILES string of the molecule is CCCN(CCC)CC1=CC=C(c2ccc(O)c3c2CC(CC(CCO)C(CO)C(=O)CC(C)=O)CC3=O)CC=CC=CC1. The third-order valence-electron chi connectivity index (χ3n) is 8.75. The van der Waals surface area contributed by atoms with Crippen molar-refractivity contribution in [3.63, 3.8) is 0 Å². The average Bonchev–Trinajstić information content (AvgIpc) is 2.97. The molecule has 0 radical (unpaired) electrons. The summed E-state index contributed by atoms with van der Waals surface area (Å²) in [5.41, 5.74) is 4.49. The Morgan fingerprint density at radius 3 is 2.34 bits per heavy atom. The lowest BCUT2D eigenvalue weighted by molar-refractivity contribution is -0.131. The average molecular weight is 606 g/mol. The summed E-state index contributed by atoms with van der Waals surface area (Å²) in [5.74, 6) is -2.01. The maximum absolute atomic E-state index is 13.5. The number of nitrogens with zero attached hydrogens (tertiary/aromatic N) is 1. The molecule has 2 aliphatic carbocycles. The lowest BCUT2D eigenvalue weighted by Crippen LogP contribution is -2.32. The van der Waals surface area contributed by atoms with Crippen LogP contribution >= 0.6 is 0 Å². The van der Waals surface area contributed by atoms with Gasteiger partial charge in [-0.05, 0) is 99.6 Å². The van der Waals surface area contributed by atoms with Crippen molar-refractivity contribution in [1.82, 2.24) is 4.90 Å². The van der Waals surface area contributed by atoms with E-state index in [-0.39, 0.29) is 54.4 Å². The molecule has 3 unspecified atom stereocenters. The van der Waals surface area contributed by atoms with Crippen molar-refractivity contribution in [1.29, 1.82) is 0 Å². The Kier molecular flexibility index (Phi) is 14.5. The molecule has 44 heavy (non-hydrogen) atoms. The number of carbonyl (C=O) groups is 3. The highest BCUT2D eigenvalue weighted by molar-refractivity contribution is 6.02. The molecule has 0 aromatic heterocycles. The lowest BCUT2D eigenvalue weighted by atomic mass is 9.72. The van der Waals surface area contributed by atoms with Crippen LogP contribution in [0.2, 0.25) is 0 Å². The summed E-state index contributed by atoms with van der Waals surface area (Å²) in [4.78, 5) is 40.4. The Bertz CT molecular complexity index is 1270. The van der Waals surface area contributed by atoms with Gasteiger partial charge in [-0.15, -0.1) is 0 Å². The number of Topliss-reactive ketones (excluding diaryl/α,β-unsaturated/α-hetero) is 3. The van der Waals surface area contributed by atoms with Gasteiger partial charge in [0.2, 0.25) is 0 Å². The van der Waals surface area contributed by atoms with Crippen molar-refractivity contribution in [2.24, 2.45) is 17.8 Å². The molecule has 1 aromatic carbocycles. The molecule has 0 heterocycles. The van der Waals surface area contributed by atoms with Crippen LogP contribution in [0.1, 0.15) is 93.6 Å². The Morgan fingerprint density at radius 1 is 1.00 bits per heavy atom. The van der Waals surface area contributed by atoms with Crippen LogP contribution in [0.3, 0.4) is 0 Å². The van der Waals surface area contributed by atoms with Crippen LogP contribution in [0.15, 0.2) is 54.2 Å². The van der Waals surface area contributed by atoms with Gasteiger partial charge in [0.15, 0.2) is 5.78 Å². The van der Waals surface area contributed by atoms with Crippen molar-refractivity contribution >= 4 is 22.9 Å². The fourth-order valence-corrected chi connectivity index (χ4v) is 6.75. The van der Waals surface area contributed by atoms with Crippen LogP contribution < -0.4 is 0 Å². The highest BCUT2D eigenvalue weighted by Gasteiger charge is 2.35. The Morgan fingerprint density at radius 2 is 1.70 bits per heavy atom. The smallest absolute Gasteiger partial charge is 0.167 e. The van der Waals surface area contributed by atoms with E-state index in [1.165, 1.54) is 12.5 Å². The molecule has 0 saturated carbocycles. The summed E-state index contributed by atoms with van der Waals surface area (Å²) in [7, 11) is 0. The summed E-state index contributed by atoms with van der Waals surface area (Å²) < 4.78 is 0. The number of ketones is 3. The number of phenolic OH excluding ortho intramolecular Hbond substituents is 1. The van der Waals surface area contributed by atoms with Crippen molar-refractivity contribution in [3.8, 4) is 5.75 Å². The second kappa shape index (κ2) is 18.0. The zero-order valence-electron chi connectivity index (χ0n) is 26.8. The molecule has 7 nitrogen and oxygen atoms in total. The van der Waals surface area contributed by atoms with Crippen molar-refractivity contribution in [3.05, 3.63) is 70.9 Å². The molecule has 1 aromatic rings. The number of phenols is 1. The number of aromatic hydroxyl groups is 1. The van der Waals surface area contributed by atoms with E-state index in [1.807, 2.05) is 6.07 Å². The van der Waals surface area contributed by atoms with E-state index in [4.69, 9.17) is 0 Å². The van der Waals surface area contributed by atoms with Crippen LogP contribution in [0.5, 0.6) is 5.75 Å². The maximum Gasteiger partial charge on any atom is 0.167 e. The van der Waals surface area contributed by atoms with Crippen molar-refractivity contribution < 1.29 is 29.7 Å². The summed E-state index contributed by atoms with van der Waals surface area (Å²) in [6.07, 6.45) is 17.8. The molecule has 0 fully saturated rings. The predicted molar refractivity (Wildman–Crippen MR) is 176 cm³/mol. The minimum Gasteiger partial charge on any atom is -0.507 e. The second-order valence-electron chi connectivity index (χ2n) is 12.4. The van der Waals surface area contributed by atoms with Gasteiger partial charge in [-0.1, -0.05) is 61.9 Å². The maximum atomic E-state index is 13.5. The molecule has 3 rings (SSSR count). The second-order valence-corrected chi connectivity index (χ2v) is 12.4. The van der Waals surface area contributed by atoms with Gasteiger partial charge in [-0.25, -0.2) is 0 Å². The third kappa shape index (κ3) is 9.94. The highest BCUT2D eigenvalue weighted by Crippen LogP contribution is 2.40. The number of rotatable bonds is 16. The number of allylic oxidation sites excluding steroid dienone is 7. The Labute approximate surface area is 263 Å². The van der Waals surface area contributed by atoms with Gasteiger partial charge in [0.1, 0.15) is 17.3 Å². The first kappa shape index (κ1) is 35.4. The molecular weight excluding hydrogens is 554 g/mol. The Balaban J connectivity index is 1.97. The van der Waals surface area contributed by atoms with Crippen LogP contribution in [0.25, 0.3) is 5.57 Å². The van der Waals surface area contributed by atoms with Crippen LogP contribution in [0.4, 0.5) is 0 Å². The van der Waals surface area contributed by atoms with E-state index in [1.54, 1.807) is 6.07 Å². The normalized spacial score (nSPS) is 18.4. The molecule has 7 heteroatoms. The van der Waals surface area contributed by atoms with Crippen molar-refractivity contribution in [2.75, 3.05) is 32.8 Å². The summed E-state index contributed by atoms with van der Waals surface area (Å²) in [5, 5.41) is 30.6. The fraction of sp³-hybridized carbons (Fsp3) is 0.541. The highest BCUT2D eigenvalue weighted by atomic mass is 16.3. The van der Waals surface area contributed by atoms with Gasteiger partial charge in [-0.3, -0.25) is 19.3 Å². The van der Waals surface area contributed by atoms with Gasteiger partial charge in [-0.2, -0.15) is 0 Å². The number of hydrogen-bond donors (Lipinski definition) is 3. The predicted octanol–water partition coefficient (Wildman–Crippen LogP) is 6.02. The third-order valence-corrected chi connectivity index (χ3v) is 8.75. The minimum atomic E-state index is -0.770. The van der Waals surface area contributed by atoms with E-state index in [0.717, 1.165) is 55.6 Å². The van der Waals surface area contributed by atoms with Crippen LogP contribution in [-0.4, -0.2) is 70.4 Å². The lowest BCUT2D eigenvalue weighted by Gasteiger charge is -2.32. The number of fused-ring (bicyclic) bond motifs is 1. The monoisotopic (exact) mass is 605 g/mol. The summed E-state index contributed by atoms with van der Waals surface area (Å²) in [6, 6.07) is 3.51. The first-order chi connectivity index (χ1) is 21.2. The number of carbonyl (C=O) groups excluding carboxylic acids is 3. The first-order valence-corrected chi connectivity index (χ1v) is 16.3. The quantitative estimate of drug-likeness (QED) is 0.197. The van der Waals surface area contributed by atoms with E-state index >= 15 is 0 Å². The number of aliphatic hydroxyl groups excluding tert-OH is 2.